The first-order valence-electron chi connectivity index (χ1n) is 7.48. The third-order valence-electron chi connectivity index (χ3n) is 3.38. The average molecular weight is 352 g/mol. The van der Waals surface area contributed by atoms with E-state index in [1.165, 1.54) is 43.3 Å². The second-order valence-corrected chi connectivity index (χ2v) is 5.30. The van der Waals surface area contributed by atoms with Crippen molar-refractivity contribution in [2.45, 2.75) is 6.92 Å². The number of nitro benzene ring substituents is 1. The summed E-state index contributed by atoms with van der Waals surface area (Å²) in [6.07, 6.45) is 3.00. The summed E-state index contributed by atoms with van der Waals surface area (Å²) in [7, 11) is 0. The van der Waals surface area contributed by atoms with Crippen LogP contribution in [0.15, 0.2) is 51.7 Å². The highest BCUT2D eigenvalue weighted by Gasteiger charge is 2.08. The van der Waals surface area contributed by atoms with Crippen molar-refractivity contribution >= 4 is 34.7 Å². The molecule has 130 valence electrons. The SMILES string of the molecule is CC(=O)Oc1ccc2nc(/C=C/c3cccc([N+](=O)[O-])c3)oc(=O)c2c1. The molecule has 0 saturated carbocycles. The molecule has 3 aromatic rings. The Labute approximate surface area is 146 Å². The normalized spacial score (nSPS) is 11.0. The van der Waals surface area contributed by atoms with Gasteiger partial charge in [-0.3, -0.25) is 14.9 Å². The number of fused-ring (bicyclic) bond motifs is 1. The fraction of sp³-hybridized carbons (Fsp3) is 0.0556. The molecule has 0 amide bonds. The molecule has 0 N–H and O–H groups in total. The van der Waals surface area contributed by atoms with Crippen molar-refractivity contribution < 1.29 is 18.9 Å². The molecular formula is C18H12N2O6. The molecule has 0 aliphatic carbocycles. The zero-order valence-corrected chi connectivity index (χ0v) is 13.5. The number of rotatable bonds is 4. The second kappa shape index (κ2) is 6.98. The van der Waals surface area contributed by atoms with E-state index in [2.05, 4.69) is 4.98 Å². The van der Waals surface area contributed by atoms with E-state index >= 15 is 0 Å². The molecular weight excluding hydrogens is 340 g/mol. The van der Waals surface area contributed by atoms with Gasteiger partial charge in [-0.2, -0.15) is 0 Å². The number of esters is 1. The number of nitro groups is 1. The van der Waals surface area contributed by atoms with E-state index < -0.39 is 16.5 Å². The van der Waals surface area contributed by atoms with Gasteiger partial charge >= 0.3 is 11.6 Å². The lowest BCUT2D eigenvalue weighted by Gasteiger charge is -2.02. The number of benzene rings is 2. The van der Waals surface area contributed by atoms with Crippen molar-refractivity contribution in [2.75, 3.05) is 0 Å². The second-order valence-electron chi connectivity index (χ2n) is 5.30. The monoisotopic (exact) mass is 352 g/mol. The van der Waals surface area contributed by atoms with Crippen molar-refractivity contribution in [2.24, 2.45) is 0 Å². The Bertz CT molecular complexity index is 1100. The molecule has 1 aromatic heterocycles. The summed E-state index contributed by atoms with van der Waals surface area (Å²) in [5.74, 6) is -0.230. The minimum atomic E-state index is -0.636. The van der Waals surface area contributed by atoms with Crippen LogP contribution in [0.2, 0.25) is 0 Å². The largest absolute Gasteiger partial charge is 0.427 e. The van der Waals surface area contributed by atoms with Crippen molar-refractivity contribution in [3.05, 3.63) is 74.5 Å². The minimum absolute atomic E-state index is 0.0434. The molecule has 2 aromatic carbocycles. The first-order valence-corrected chi connectivity index (χ1v) is 7.48. The maximum atomic E-state index is 12.1. The van der Waals surface area contributed by atoms with Gasteiger partial charge in [0.1, 0.15) is 5.75 Å². The first-order chi connectivity index (χ1) is 12.4. The van der Waals surface area contributed by atoms with E-state index in [-0.39, 0.29) is 22.7 Å². The van der Waals surface area contributed by atoms with Gasteiger partial charge in [0, 0.05) is 25.1 Å². The van der Waals surface area contributed by atoms with E-state index in [1.54, 1.807) is 18.2 Å². The maximum absolute atomic E-state index is 12.1. The lowest BCUT2D eigenvalue weighted by Crippen LogP contribution is -2.05. The molecule has 3 rings (SSSR count). The molecule has 0 saturated heterocycles. The molecule has 8 heteroatoms. The summed E-state index contributed by atoms with van der Waals surface area (Å²) < 4.78 is 10.0. The van der Waals surface area contributed by atoms with E-state index in [1.807, 2.05) is 0 Å². The summed E-state index contributed by atoms with van der Waals surface area (Å²) in [6.45, 7) is 1.26. The van der Waals surface area contributed by atoms with Crippen LogP contribution < -0.4 is 10.4 Å². The highest BCUT2D eigenvalue weighted by atomic mass is 16.6. The zero-order valence-electron chi connectivity index (χ0n) is 13.5. The van der Waals surface area contributed by atoms with Crippen molar-refractivity contribution in [1.82, 2.24) is 4.98 Å². The number of hydrogen-bond donors (Lipinski definition) is 0. The Morgan fingerprint density at radius 1 is 1.23 bits per heavy atom. The Morgan fingerprint density at radius 3 is 2.77 bits per heavy atom. The molecule has 1 heterocycles. The molecule has 0 spiro atoms. The summed E-state index contributed by atoms with van der Waals surface area (Å²) >= 11 is 0. The predicted octanol–water partition coefficient (Wildman–Crippen LogP) is 3.19. The van der Waals surface area contributed by atoms with Crippen LogP contribution in [0.25, 0.3) is 23.1 Å². The molecule has 0 fully saturated rings. The fourth-order valence-electron chi connectivity index (χ4n) is 2.28. The number of carbonyl (C=O) groups is 1. The van der Waals surface area contributed by atoms with Crippen LogP contribution in [-0.4, -0.2) is 15.9 Å². The number of carbonyl (C=O) groups excluding carboxylic acids is 1. The van der Waals surface area contributed by atoms with Crippen molar-refractivity contribution in [3.63, 3.8) is 0 Å². The van der Waals surface area contributed by atoms with Gasteiger partial charge in [-0.1, -0.05) is 12.1 Å². The third kappa shape index (κ3) is 3.81. The van der Waals surface area contributed by atoms with Crippen LogP contribution in [0.4, 0.5) is 5.69 Å². The number of aromatic nitrogens is 1. The summed E-state index contributed by atoms with van der Waals surface area (Å²) in [5.41, 5.74) is 0.255. The van der Waals surface area contributed by atoms with Gasteiger partial charge in [-0.25, -0.2) is 9.78 Å². The highest BCUT2D eigenvalue weighted by molar-refractivity contribution is 5.81. The summed E-state index contributed by atoms with van der Waals surface area (Å²) in [6, 6.07) is 10.4. The quantitative estimate of drug-likeness (QED) is 0.307. The van der Waals surface area contributed by atoms with E-state index in [9.17, 15) is 19.7 Å². The molecule has 0 radical (unpaired) electrons. The molecule has 26 heavy (non-hydrogen) atoms. The van der Waals surface area contributed by atoms with E-state index in [0.29, 0.717) is 11.1 Å². The molecule has 0 atom stereocenters. The van der Waals surface area contributed by atoms with Crippen molar-refractivity contribution in [3.8, 4) is 5.75 Å². The van der Waals surface area contributed by atoms with Gasteiger partial charge in [0.2, 0.25) is 5.89 Å². The van der Waals surface area contributed by atoms with Gasteiger partial charge in [0.15, 0.2) is 0 Å². The highest BCUT2D eigenvalue weighted by Crippen LogP contribution is 2.19. The number of nitrogens with zero attached hydrogens (tertiary/aromatic N) is 2. The van der Waals surface area contributed by atoms with Gasteiger partial charge in [-0.15, -0.1) is 0 Å². The average Bonchev–Trinajstić information content (AvgIpc) is 2.60. The van der Waals surface area contributed by atoms with Crippen molar-refractivity contribution in [1.29, 1.82) is 0 Å². The molecule has 0 aliphatic heterocycles. The summed E-state index contributed by atoms with van der Waals surface area (Å²) in [5, 5.41) is 11.0. The van der Waals surface area contributed by atoms with Crippen LogP contribution in [-0.2, 0) is 4.79 Å². The van der Waals surface area contributed by atoms with E-state index in [0.717, 1.165) is 0 Å². The molecule has 8 nitrogen and oxygen atoms in total. The molecule has 0 unspecified atom stereocenters. The Hall–Kier alpha value is -3.81. The third-order valence-corrected chi connectivity index (χ3v) is 3.38. The Balaban J connectivity index is 1.94. The number of non-ortho nitro benzene ring substituents is 1. The number of hydrogen-bond acceptors (Lipinski definition) is 7. The Kier molecular flexibility index (Phi) is 4.57. The lowest BCUT2D eigenvalue weighted by molar-refractivity contribution is -0.384. The summed E-state index contributed by atoms with van der Waals surface area (Å²) in [4.78, 5) is 37.6. The maximum Gasteiger partial charge on any atom is 0.347 e. The van der Waals surface area contributed by atoms with E-state index in [4.69, 9.17) is 9.15 Å². The molecule has 0 aliphatic rings. The topological polar surface area (TPSA) is 113 Å². The minimum Gasteiger partial charge on any atom is -0.427 e. The van der Waals surface area contributed by atoms with Gasteiger partial charge in [0.25, 0.3) is 5.69 Å². The van der Waals surface area contributed by atoms with Crippen LogP contribution in [0.1, 0.15) is 18.4 Å². The Morgan fingerprint density at radius 2 is 2.04 bits per heavy atom. The van der Waals surface area contributed by atoms with Gasteiger partial charge in [-0.05, 0) is 29.8 Å². The van der Waals surface area contributed by atoms with Gasteiger partial charge in [0.05, 0.1) is 15.8 Å². The number of ether oxygens (including phenoxy) is 1. The fourth-order valence-corrected chi connectivity index (χ4v) is 2.28. The smallest absolute Gasteiger partial charge is 0.347 e. The van der Waals surface area contributed by atoms with Crippen LogP contribution >= 0.6 is 0 Å². The van der Waals surface area contributed by atoms with Gasteiger partial charge < -0.3 is 9.15 Å². The predicted molar refractivity (Wildman–Crippen MR) is 93.6 cm³/mol. The first kappa shape index (κ1) is 17.0. The zero-order chi connectivity index (χ0) is 18.7. The molecule has 0 bridgehead atoms. The van der Waals surface area contributed by atoms with Crippen LogP contribution in [0, 0.1) is 10.1 Å². The standard InChI is InChI=1S/C18H12N2O6/c1-11(21)25-14-6-7-16-15(10-14)18(22)26-17(19-16)8-5-12-3-2-4-13(9-12)20(23)24/h2-10H,1H3/b8-5+. The van der Waals surface area contributed by atoms with Crippen LogP contribution in [0.3, 0.4) is 0 Å². The lowest BCUT2D eigenvalue weighted by atomic mass is 10.2. The van der Waals surface area contributed by atoms with Crippen LogP contribution in [0.5, 0.6) is 5.75 Å².